The minimum Gasteiger partial charge on any atom is -0.311 e. The smallest absolute Gasteiger partial charge is 0.225 e. The fourth-order valence-corrected chi connectivity index (χ4v) is 4.11. The summed E-state index contributed by atoms with van der Waals surface area (Å²) < 4.78 is 24.8. The third-order valence-corrected chi connectivity index (χ3v) is 5.02. The summed E-state index contributed by atoms with van der Waals surface area (Å²) in [7, 11) is -2.97. The zero-order chi connectivity index (χ0) is 14.9. The molecule has 1 saturated heterocycles. The molecule has 0 spiro atoms. The first-order valence-electron chi connectivity index (χ1n) is 6.83. The fraction of sp³-hybridized carbons (Fsp3) is 0.692. The summed E-state index contributed by atoms with van der Waals surface area (Å²) in [5.74, 6) is 1.09. The van der Waals surface area contributed by atoms with Gasteiger partial charge in [-0.05, 0) is 19.3 Å². The van der Waals surface area contributed by atoms with Gasteiger partial charge >= 0.3 is 0 Å². The van der Waals surface area contributed by atoms with Crippen molar-refractivity contribution in [3.63, 3.8) is 0 Å². The Hall–Kier alpha value is -1.37. The summed E-state index contributed by atoms with van der Waals surface area (Å²) in [4.78, 5) is 11.9. The van der Waals surface area contributed by atoms with Crippen LogP contribution in [0.5, 0.6) is 0 Å². The maximum absolute atomic E-state index is 11.9. The SMILES string of the molecule is Cc1cc(NC(=O)CC(C)C)n([C@H]2CCS(=O)(=O)C2)n1. The zero-order valence-corrected chi connectivity index (χ0v) is 12.9. The van der Waals surface area contributed by atoms with Crippen LogP contribution >= 0.6 is 0 Å². The second-order valence-electron chi connectivity index (χ2n) is 5.82. The Kier molecular flexibility index (Phi) is 4.17. The normalized spacial score (nSPS) is 21.3. The summed E-state index contributed by atoms with van der Waals surface area (Å²) >= 11 is 0. The van der Waals surface area contributed by atoms with Gasteiger partial charge in [0.2, 0.25) is 5.91 Å². The number of nitrogens with zero attached hydrogens (tertiary/aromatic N) is 2. The summed E-state index contributed by atoms with van der Waals surface area (Å²) in [6, 6.07) is 1.60. The first kappa shape index (κ1) is 15.0. The van der Waals surface area contributed by atoms with E-state index in [1.54, 1.807) is 10.7 Å². The highest BCUT2D eigenvalue weighted by Crippen LogP contribution is 2.27. The molecule has 1 N–H and O–H groups in total. The van der Waals surface area contributed by atoms with Crippen LogP contribution in [-0.2, 0) is 14.6 Å². The van der Waals surface area contributed by atoms with Crippen LogP contribution in [0.25, 0.3) is 0 Å². The summed E-state index contributed by atoms with van der Waals surface area (Å²) in [6.45, 7) is 5.79. The molecule has 2 rings (SSSR count). The lowest BCUT2D eigenvalue weighted by atomic mass is 10.1. The van der Waals surface area contributed by atoms with Crippen LogP contribution in [0, 0.1) is 12.8 Å². The van der Waals surface area contributed by atoms with Gasteiger partial charge in [0.1, 0.15) is 5.82 Å². The number of nitrogens with one attached hydrogen (secondary N) is 1. The van der Waals surface area contributed by atoms with E-state index in [4.69, 9.17) is 0 Å². The van der Waals surface area contributed by atoms with Crippen molar-refractivity contribution < 1.29 is 13.2 Å². The molecule has 1 atom stereocenters. The van der Waals surface area contributed by atoms with E-state index in [9.17, 15) is 13.2 Å². The van der Waals surface area contributed by atoms with E-state index in [-0.39, 0.29) is 29.4 Å². The van der Waals surface area contributed by atoms with Crippen LogP contribution in [0.1, 0.15) is 38.4 Å². The second-order valence-corrected chi connectivity index (χ2v) is 8.05. The Morgan fingerprint density at radius 1 is 1.55 bits per heavy atom. The minimum absolute atomic E-state index is 0.0676. The van der Waals surface area contributed by atoms with Gasteiger partial charge in [-0.2, -0.15) is 5.10 Å². The molecule has 1 aliphatic heterocycles. The molecule has 1 aliphatic rings. The molecular weight excluding hydrogens is 278 g/mol. The monoisotopic (exact) mass is 299 g/mol. The van der Waals surface area contributed by atoms with E-state index in [0.717, 1.165) is 5.69 Å². The van der Waals surface area contributed by atoms with Gasteiger partial charge < -0.3 is 5.32 Å². The highest BCUT2D eigenvalue weighted by molar-refractivity contribution is 7.91. The molecule has 0 unspecified atom stereocenters. The molecule has 0 aromatic carbocycles. The first-order chi connectivity index (χ1) is 9.27. The van der Waals surface area contributed by atoms with Gasteiger partial charge in [0.15, 0.2) is 9.84 Å². The van der Waals surface area contributed by atoms with Crippen molar-refractivity contribution in [2.24, 2.45) is 5.92 Å². The Labute approximate surface area is 119 Å². The van der Waals surface area contributed by atoms with Crippen LogP contribution in [0.2, 0.25) is 0 Å². The number of anilines is 1. The molecule has 1 fully saturated rings. The molecule has 0 aliphatic carbocycles. The summed E-state index contributed by atoms with van der Waals surface area (Å²) in [6.07, 6.45) is 0.990. The molecule has 2 heterocycles. The molecule has 7 heteroatoms. The molecule has 20 heavy (non-hydrogen) atoms. The van der Waals surface area contributed by atoms with Gasteiger partial charge in [0.25, 0.3) is 0 Å². The number of hydrogen-bond acceptors (Lipinski definition) is 4. The lowest BCUT2D eigenvalue weighted by Gasteiger charge is -2.14. The minimum atomic E-state index is -2.97. The number of carbonyl (C=O) groups is 1. The van der Waals surface area contributed by atoms with E-state index in [2.05, 4.69) is 10.4 Å². The van der Waals surface area contributed by atoms with Gasteiger partial charge in [-0.25, -0.2) is 13.1 Å². The van der Waals surface area contributed by atoms with Crippen molar-refractivity contribution in [2.75, 3.05) is 16.8 Å². The third-order valence-electron chi connectivity index (χ3n) is 3.27. The maximum atomic E-state index is 11.9. The molecule has 0 radical (unpaired) electrons. The van der Waals surface area contributed by atoms with Gasteiger partial charge in [0, 0.05) is 12.5 Å². The van der Waals surface area contributed by atoms with Crippen molar-refractivity contribution in [3.05, 3.63) is 11.8 Å². The number of carbonyl (C=O) groups excluding carboxylic acids is 1. The highest BCUT2D eigenvalue weighted by atomic mass is 32.2. The number of aryl methyl sites for hydroxylation is 1. The average molecular weight is 299 g/mol. The Bertz CT molecular complexity index is 604. The maximum Gasteiger partial charge on any atom is 0.225 e. The molecule has 1 aromatic rings. The van der Waals surface area contributed by atoms with E-state index in [0.29, 0.717) is 18.7 Å². The predicted octanol–water partition coefficient (Wildman–Crippen LogP) is 1.54. The van der Waals surface area contributed by atoms with Crippen molar-refractivity contribution in [2.45, 2.75) is 39.7 Å². The topological polar surface area (TPSA) is 81.1 Å². The summed E-state index contributed by atoms with van der Waals surface area (Å²) in [5, 5.41) is 7.16. The predicted molar refractivity (Wildman–Crippen MR) is 77.4 cm³/mol. The van der Waals surface area contributed by atoms with Crippen molar-refractivity contribution in [1.29, 1.82) is 0 Å². The third kappa shape index (κ3) is 3.59. The lowest BCUT2D eigenvalue weighted by molar-refractivity contribution is -0.116. The van der Waals surface area contributed by atoms with Crippen LogP contribution in [0.3, 0.4) is 0 Å². The van der Waals surface area contributed by atoms with Crippen molar-refractivity contribution >= 4 is 21.6 Å². The van der Waals surface area contributed by atoms with Crippen molar-refractivity contribution in [1.82, 2.24) is 9.78 Å². The molecule has 6 nitrogen and oxygen atoms in total. The van der Waals surface area contributed by atoms with E-state index >= 15 is 0 Å². The van der Waals surface area contributed by atoms with Gasteiger partial charge in [-0.15, -0.1) is 0 Å². The van der Waals surface area contributed by atoms with Crippen LogP contribution in [-0.4, -0.2) is 35.6 Å². The van der Waals surface area contributed by atoms with E-state index in [1.807, 2.05) is 20.8 Å². The largest absolute Gasteiger partial charge is 0.311 e. The van der Waals surface area contributed by atoms with Crippen LogP contribution in [0.4, 0.5) is 5.82 Å². The van der Waals surface area contributed by atoms with E-state index in [1.165, 1.54) is 0 Å². The Balaban J connectivity index is 2.16. The molecule has 0 saturated carbocycles. The molecule has 112 valence electrons. The lowest BCUT2D eigenvalue weighted by Crippen LogP contribution is -2.20. The Morgan fingerprint density at radius 2 is 2.25 bits per heavy atom. The first-order valence-corrected chi connectivity index (χ1v) is 8.65. The Morgan fingerprint density at radius 3 is 2.80 bits per heavy atom. The zero-order valence-electron chi connectivity index (χ0n) is 12.1. The number of sulfone groups is 1. The van der Waals surface area contributed by atoms with Crippen LogP contribution in [0.15, 0.2) is 6.07 Å². The standard InChI is InChI=1S/C13H21N3O3S/c1-9(2)6-13(17)14-12-7-10(3)15-16(12)11-4-5-20(18,19)8-11/h7,9,11H,4-6,8H2,1-3H3,(H,14,17)/t11-/m0/s1. The van der Waals surface area contributed by atoms with Crippen LogP contribution < -0.4 is 5.32 Å². The number of amides is 1. The highest BCUT2D eigenvalue weighted by Gasteiger charge is 2.31. The fourth-order valence-electron chi connectivity index (χ4n) is 2.42. The molecular formula is C13H21N3O3S. The number of aromatic nitrogens is 2. The quantitative estimate of drug-likeness (QED) is 0.914. The van der Waals surface area contributed by atoms with Crippen molar-refractivity contribution in [3.8, 4) is 0 Å². The van der Waals surface area contributed by atoms with Gasteiger partial charge in [-0.1, -0.05) is 13.8 Å². The van der Waals surface area contributed by atoms with Gasteiger partial charge in [-0.3, -0.25) is 4.79 Å². The average Bonchev–Trinajstić information content (AvgIpc) is 2.80. The molecule has 1 amide bonds. The number of hydrogen-bond donors (Lipinski definition) is 1. The van der Waals surface area contributed by atoms with Gasteiger partial charge in [0.05, 0.1) is 23.2 Å². The molecule has 1 aromatic heterocycles. The number of rotatable bonds is 4. The van der Waals surface area contributed by atoms with E-state index < -0.39 is 9.84 Å². The second kappa shape index (κ2) is 5.55. The molecule has 0 bridgehead atoms. The summed E-state index contributed by atoms with van der Waals surface area (Å²) in [5.41, 5.74) is 0.772.